The van der Waals surface area contributed by atoms with E-state index in [9.17, 15) is 0 Å². The van der Waals surface area contributed by atoms with Crippen LogP contribution in [0.5, 0.6) is 0 Å². The highest BCUT2D eigenvalue weighted by molar-refractivity contribution is 5.74. The molecule has 0 atom stereocenters. The Bertz CT molecular complexity index is 158. The van der Waals surface area contributed by atoms with Crippen LogP contribution in [0.4, 0.5) is 0 Å². The highest BCUT2D eigenvalue weighted by Crippen LogP contribution is 2.10. The van der Waals surface area contributed by atoms with E-state index < -0.39 is 0 Å². The maximum atomic E-state index is 5.19. The molecule has 0 unspecified atom stereocenters. The molecule has 0 fully saturated rings. The summed E-state index contributed by atoms with van der Waals surface area (Å²) in [5.74, 6) is 0. The lowest BCUT2D eigenvalue weighted by Gasteiger charge is -2.18. The molecule has 0 spiro atoms. The fourth-order valence-electron chi connectivity index (χ4n) is 0.783. The summed E-state index contributed by atoms with van der Waals surface area (Å²) in [6.07, 6.45) is 0. The fraction of sp³-hybridized carbons (Fsp3) is 0.875. The van der Waals surface area contributed by atoms with Crippen molar-refractivity contribution in [2.75, 3.05) is 19.7 Å². The summed E-state index contributed by atoms with van der Waals surface area (Å²) in [5.41, 5.74) is 0.286. The van der Waals surface area contributed by atoms with Gasteiger partial charge in [0.15, 0.2) is 0 Å². The molecular formula is C8H16N2O. The lowest BCUT2D eigenvalue weighted by molar-refractivity contribution is 0.317. The van der Waals surface area contributed by atoms with Crippen molar-refractivity contribution in [1.82, 2.24) is 5.32 Å². The molecular weight excluding hydrogens is 140 g/mol. The van der Waals surface area contributed by atoms with Crippen LogP contribution in [0.15, 0.2) is 4.99 Å². The van der Waals surface area contributed by atoms with Crippen LogP contribution in [-0.4, -0.2) is 25.7 Å². The first kappa shape index (κ1) is 8.37. The number of hydrogen-bond acceptors (Lipinski definition) is 3. The lowest BCUT2D eigenvalue weighted by Crippen LogP contribution is -2.32. The quantitative estimate of drug-likeness (QED) is 0.614. The Kier molecular flexibility index (Phi) is 2.37. The van der Waals surface area contributed by atoms with Crippen molar-refractivity contribution in [1.29, 1.82) is 0 Å². The number of rotatable bonds is 1. The Morgan fingerprint density at radius 1 is 1.55 bits per heavy atom. The zero-order chi connectivity index (χ0) is 8.32. The number of hydrogen-bond donors (Lipinski definition) is 1. The molecule has 0 aliphatic carbocycles. The first-order valence-electron chi connectivity index (χ1n) is 3.99. The molecule has 0 bridgehead atoms. The van der Waals surface area contributed by atoms with Crippen LogP contribution in [0.3, 0.4) is 0 Å². The Hall–Kier alpha value is -0.730. The standard InChI is InChI=1S/C8H16N2O/c1-8(2,3)6-10-7-9-4-5-11-7/h4-6H2,1-3H3,(H,9,10). The van der Waals surface area contributed by atoms with Gasteiger partial charge in [-0.05, 0) is 5.41 Å². The van der Waals surface area contributed by atoms with E-state index in [2.05, 4.69) is 31.1 Å². The number of amidine groups is 1. The van der Waals surface area contributed by atoms with Crippen LogP contribution in [0.1, 0.15) is 20.8 Å². The van der Waals surface area contributed by atoms with E-state index in [1.807, 2.05) is 0 Å². The van der Waals surface area contributed by atoms with E-state index in [4.69, 9.17) is 4.74 Å². The van der Waals surface area contributed by atoms with E-state index in [1.165, 1.54) is 0 Å². The zero-order valence-electron chi connectivity index (χ0n) is 7.48. The number of ether oxygens (including phenoxy) is 1. The Labute approximate surface area is 67.8 Å². The highest BCUT2D eigenvalue weighted by atomic mass is 16.5. The van der Waals surface area contributed by atoms with Gasteiger partial charge in [-0.25, -0.2) is 4.99 Å². The number of nitrogens with zero attached hydrogens (tertiary/aromatic N) is 1. The first-order valence-corrected chi connectivity index (χ1v) is 3.99. The molecule has 1 heterocycles. The maximum Gasteiger partial charge on any atom is 0.284 e. The molecule has 1 aliphatic rings. The SMILES string of the molecule is CC(C)(C)CNC1=NCCO1. The van der Waals surface area contributed by atoms with Gasteiger partial charge < -0.3 is 10.1 Å². The van der Waals surface area contributed by atoms with Gasteiger partial charge in [0.25, 0.3) is 6.02 Å². The van der Waals surface area contributed by atoms with Crippen molar-refractivity contribution in [2.24, 2.45) is 10.4 Å². The summed E-state index contributed by atoms with van der Waals surface area (Å²) in [4.78, 5) is 4.12. The molecule has 0 amide bonds. The van der Waals surface area contributed by atoms with Crippen LogP contribution in [0, 0.1) is 5.41 Å². The molecule has 1 aliphatic heterocycles. The summed E-state index contributed by atoms with van der Waals surface area (Å²) in [6, 6.07) is 0.708. The molecule has 0 saturated carbocycles. The van der Waals surface area contributed by atoms with Crippen LogP contribution in [0.25, 0.3) is 0 Å². The van der Waals surface area contributed by atoms with Crippen molar-refractivity contribution in [2.45, 2.75) is 20.8 Å². The molecule has 0 saturated heterocycles. The molecule has 0 radical (unpaired) electrons. The summed E-state index contributed by atoms with van der Waals surface area (Å²) in [7, 11) is 0. The zero-order valence-corrected chi connectivity index (χ0v) is 7.48. The minimum atomic E-state index is 0.286. The van der Waals surface area contributed by atoms with Crippen LogP contribution in [0.2, 0.25) is 0 Å². The van der Waals surface area contributed by atoms with Gasteiger partial charge in [0.1, 0.15) is 6.61 Å². The van der Waals surface area contributed by atoms with Crippen molar-refractivity contribution in [3.05, 3.63) is 0 Å². The number of nitrogens with one attached hydrogen (secondary N) is 1. The van der Waals surface area contributed by atoms with Crippen LogP contribution < -0.4 is 5.32 Å². The fourth-order valence-corrected chi connectivity index (χ4v) is 0.783. The molecule has 0 aromatic carbocycles. The summed E-state index contributed by atoms with van der Waals surface area (Å²) >= 11 is 0. The Morgan fingerprint density at radius 3 is 2.73 bits per heavy atom. The summed E-state index contributed by atoms with van der Waals surface area (Å²) in [5, 5.41) is 3.15. The molecule has 0 aromatic heterocycles. The smallest absolute Gasteiger partial charge is 0.284 e. The highest BCUT2D eigenvalue weighted by Gasteiger charge is 2.13. The van der Waals surface area contributed by atoms with Gasteiger partial charge >= 0.3 is 0 Å². The van der Waals surface area contributed by atoms with Gasteiger partial charge in [-0.1, -0.05) is 20.8 Å². The minimum absolute atomic E-state index is 0.286. The molecule has 0 aromatic rings. The van der Waals surface area contributed by atoms with Gasteiger partial charge in [-0.3, -0.25) is 0 Å². The summed E-state index contributed by atoms with van der Waals surface area (Å²) in [6.45, 7) is 8.96. The third kappa shape index (κ3) is 3.25. The second-order valence-electron chi connectivity index (χ2n) is 3.95. The van der Waals surface area contributed by atoms with Crippen LogP contribution >= 0.6 is 0 Å². The van der Waals surface area contributed by atoms with Gasteiger partial charge in [-0.15, -0.1) is 0 Å². The first-order chi connectivity index (χ1) is 5.08. The molecule has 1 N–H and O–H groups in total. The van der Waals surface area contributed by atoms with E-state index in [-0.39, 0.29) is 5.41 Å². The van der Waals surface area contributed by atoms with Crippen molar-refractivity contribution in [3.63, 3.8) is 0 Å². The van der Waals surface area contributed by atoms with Crippen molar-refractivity contribution >= 4 is 6.02 Å². The summed E-state index contributed by atoms with van der Waals surface area (Å²) < 4.78 is 5.19. The van der Waals surface area contributed by atoms with Crippen LogP contribution in [-0.2, 0) is 4.74 Å². The van der Waals surface area contributed by atoms with E-state index in [0.29, 0.717) is 6.02 Å². The predicted octanol–water partition coefficient (Wildman–Crippen LogP) is 1.01. The average Bonchev–Trinajstić information content (AvgIpc) is 2.32. The molecule has 11 heavy (non-hydrogen) atoms. The third-order valence-electron chi connectivity index (χ3n) is 1.36. The Morgan fingerprint density at radius 2 is 2.27 bits per heavy atom. The second-order valence-corrected chi connectivity index (χ2v) is 3.95. The topological polar surface area (TPSA) is 33.6 Å². The largest absolute Gasteiger partial charge is 0.463 e. The minimum Gasteiger partial charge on any atom is -0.463 e. The van der Waals surface area contributed by atoms with Gasteiger partial charge in [-0.2, -0.15) is 0 Å². The average molecular weight is 156 g/mol. The monoisotopic (exact) mass is 156 g/mol. The molecule has 64 valence electrons. The molecule has 3 heteroatoms. The van der Waals surface area contributed by atoms with Crippen molar-refractivity contribution < 1.29 is 4.74 Å². The molecule has 3 nitrogen and oxygen atoms in total. The third-order valence-corrected chi connectivity index (χ3v) is 1.36. The Balaban J connectivity index is 2.22. The predicted molar refractivity (Wildman–Crippen MR) is 45.7 cm³/mol. The second kappa shape index (κ2) is 3.11. The van der Waals surface area contributed by atoms with Gasteiger partial charge in [0.2, 0.25) is 0 Å². The molecule has 1 rings (SSSR count). The van der Waals surface area contributed by atoms with E-state index >= 15 is 0 Å². The lowest BCUT2D eigenvalue weighted by atomic mass is 9.97. The van der Waals surface area contributed by atoms with E-state index in [1.54, 1.807) is 0 Å². The van der Waals surface area contributed by atoms with Gasteiger partial charge in [0.05, 0.1) is 6.54 Å². The maximum absolute atomic E-state index is 5.19. The van der Waals surface area contributed by atoms with Gasteiger partial charge in [0, 0.05) is 6.54 Å². The van der Waals surface area contributed by atoms with Crippen molar-refractivity contribution in [3.8, 4) is 0 Å². The number of aliphatic imine (C=N–C) groups is 1. The van der Waals surface area contributed by atoms with E-state index in [0.717, 1.165) is 19.7 Å². The normalized spacial score (nSPS) is 17.5.